The van der Waals surface area contributed by atoms with Gasteiger partial charge in [0, 0.05) is 39.4 Å². The molecule has 2 aromatic rings. The Morgan fingerprint density at radius 1 is 1.10 bits per heavy atom. The number of pyridine rings is 1. The molecule has 3 amide bonds. The first-order chi connectivity index (χ1) is 14.5. The van der Waals surface area contributed by atoms with Crippen LogP contribution in [0.15, 0.2) is 47.4 Å². The highest BCUT2D eigenvalue weighted by Gasteiger charge is 2.25. The Kier molecular flexibility index (Phi) is 7.11. The van der Waals surface area contributed by atoms with Crippen molar-refractivity contribution in [2.24, 2.45) is 13.0 Å². The molecule has 1 aromatic heterocycles. The molecule has 0 saturated carbocycles. The molecule has 1 aliphatic rings. The molecule has 8 nitrogen and oxygen atoms in total. The Bertz CT molecular complexity index is 931. The standard InChI is InChI=1S/C22H28N4O4/c1-25-11-3-4-19(20(25)27)21(28)26-12-9-17(10-13-26)15-24-22(29)23-14-16-5-7-18(30-2)8-6-16/h3-8,11,17H,9-10,12-15H2,1-2H3,(H2,23,24,29). The number of hydrogen-bond acceptors (Lipinski definition) is 4. The maximum Gasteiger partial charge on any atom is 0.315 e. The highest BCUT2D eigenvalue weighted by atomic mass is 16.5. The van der Waals surface area contributed by atoms with Crippen molar-refractivity contribution in [3.63, 3.8) is 0 Å². The van der Waals surface area contributed by atoms with Gasteiger partial charge in [-0.1, -0.05) is 12.1 Å². The van der Waals surface area contributed by atoms with Crippen LogP contribution in [0.3, 0.4) is 0 Å². The summed E-state index contributed by atoms with van der Waals surface area (Å²) in [6, 6.07) is 10.6. The summed E-state index contributed by atoms with van der Waals surface area (Å²) in [7, 11) is 3.25. The predicted molar refractivity (Wildman–Crippen MR) is 114 cm³/mol. The lowest BCUT2D eigenvalue weighted by Crippen LogP contribution is -2.44. The summed E-state index contributed by atoms with van der Waals surface area (Å²) in [4.78, 5) is 38.6. The highest BCUT2D eigenvalue weighted by Crippen LogP contribution is 2.18. The normalized spacial score (nSPS) is 14.3. The quantitative estimate of drug-likeness (QED) is 0.756. The number of ether oxygens (including phenoxy) is 1. The number of piperidine rings is 1. The minimum absolute atomic E-state index is 0.203. The Labute approximate surface area is 175 Å². The van der Waals surface area contributed by atoms with E-state index in [1.807, 2.05) is 24.3 Å². The molecule has 2 heterocycles. The molecule has 0 atom stereocenters. The number of aromatic nitrogens is 1. The van der Waals surface area contributed by atoms with Crippen molar-refractivity contribution in [1.29, 1.82) is 0 Å². The Morgan fingerprint density at radius 3 is 2.47 bits per heavy atom. The van der Waals surface area contributed by atoms with Gasteiger partial charge in [0.1, 0.15) is 11.3 Å². The van der Waals surface area contributed by atoms with Gasteiger partial charge in [0.2, 0.25) is 0 Å². The highest BCUT2D eigenvalue weighted by molar-refractivity contribution is 5.93. The molecule has 1 saturated heterocycles. The lowest BCUT2D eigenvalue weighted by molar-refractivity contribution is 0.0688. The minimum atomic E-state index is -0.278. The number of hydrogen-bond donors (Lipinski definition) is 2. The zero-order valence-corrected chi connectivity index (χ0v) is 17.4. The minimum Gasteiger partial charge on any atom is -0.497 e. The lowest BCUT2D eigenvalue weighted by Gasteiger charge is -2.32. The molecule has 3 rings (SSSR count). The number of rotatable bonds is 6. The van der Waals surface area contributed by atoms with E-state index in [0.717, 1.165) is 24.2 Å². The van der Waals surface area contributed by atoms with Crippen LogP contribution in [0.5, 0.6) is 5.75 Å². The summed E-state index contributed by atoms with van der Waals surface area (Å²) in [5.74, 6) is 0.861. The van der Waals surface area contributed by atoms with E-state index < -0.39 is 0 Å². The predicted octanol–water partition coefficient (Wildman–Crippen LogP) is 1.75. The smallest absolute Gasteiger partial charge is 0.315 e. The maximum atomic E-state index is 12.6. The fourth-order valence-corrected chi connectivity index (χ4v) is 3.50. The summed E-state index contributed by atoms with van der Waals surface area (Å²) in [5.41, 5.74) is 0.916. The average Bonchev–Trinajstić information content (AvgIpc) is 2.78. The van der Waals surface area contributed by atoms with E-state index in [1.54, 1.807) is 37.4 Å². The Hall–Kier alpha value is -3.29. The molecule has 1 fully saturated rings. The summed E-state index contributed by atoms with van der Waals surface area (Å²) in [6.07, 6.45) is 3.21. The van der Waals surface area contributed by atoms with Gasteiger partial charge >= 0.3 is 6.03 Å². The summed E-state index contributed by atoms with van der Waals surface area (Å²) >= 11 is 0. The van der Waals surface area contributed by atoms with Crippen molar-refractivity contribution >= 4 is 11.9 Å². The number of aryl methyl sites for hydroxylation is 1. The van der Waals surface area contributed by atoms with Gasteiger partial charge in [0.25, 0.3) is 11.5 Å². The SMILES string of the molecule is COc1ccc(CNC(=O)NCC2CCN(C(=O)c3cccn(C)c3=O)CC2)cc1. The van der Waals surface area contributed by atoms with Crippen LogP contribution >= 0.6 is 0 Å². The number of urea groups is 1. The van der Waals surface area contributed by atoms with Gasteiger partial charge in [-0.3, -0.25) is 9.59 Å². The molecule has 8 heteroatoms. The van der Waals surface area contributed by atoms with Crippen LogP contribution < -0.4 is 20.9 Å². The van der Waals surface area contributed by atoms with E-state index in [4.69, 9.17) is 4.74 Å². The van der Waals surface area contributed by atoms with Gasteiger partial charge < -0.3 is 24.8 Å². The van der Waals surface area contributed by atoms with Crippen molar-refractivity contribution in [1.82, 2.24) is 20.1 Å². The molecule has 160 valence electrons. The monoisotopic (exact) mass is 412 g/mol. The number of amides is 3. The van der Waals surface area contributed by atoms with Gasteiger partial charge in [-0.25, -0.2) is 4.79 Å². The van der Waals surface area contributed by atoms with Gasteiger partial charge in [-0.05, 0) is 48.6 Å². The number of benzene rings is 1. The number of likely N-dealkylation sites (tertiary alicyclic amines) is 1. The van der Waals surface area contributed by atoms with Gasteiger partial charge in [-0.15, -0.1) is 0 Å². The lowest BCUT2D eigenvalue weighted by atomic mass is 9.96. The fraction of sp³-hybridized carbons (Fsp3) is 0.409. The van der Waals surface area contributed by atoms with Crippen LogP contribution in [0.1, 0.15) is 28.8 Å². The average molecular weight is 412 g/mol. The first kappa shape index (κ1) is 21.4. The molecule has 0 bridgehead atoms. The first-order valence-electron chi connectivity index (χ1n) is 10.1. The Morgan fingerprint density at radius 2 is 1.80 bits per heavy atom. The number of carbonyl (C=O) groups is 2. The van der Waals surface area contributed by atoms with Crippen molar-refractivity contribution in [2.45, 2.75) is 19.4 Å². The summed E-state index contributed by atoms with van der Waals surface area (Å²) < 4.78 is 6.53. The molecule has 0 spiro atoms. The molecule has 0 unspecified atom stereocenters. The van der Waals surface area contributed by atoms with Gasteiger partial charge in [-0.2, -0.15) is 0 Å². The van der Waals surface area contributed by atoms with E-state index in [2.05, 4.69) is 10.6 Å². The van der Waals surface area contributed by atoms with E-state index in [0.29, 0.717) is 32.1 Å². The summed E-state index contributed by atoms with van der Waals surface area (Å²) in [6.45, 7) is 2.16. The molecule has 2 N–H and O–H groups in total. The maximum absolute atomic E-state index is 12.6. The second-order valence-corrected chi connectivity index (χ2v) is 7.49. The molecular formula is C22H28N4O4. The molecular weight excluding hydrogens is 384 g/mol. The van der Waals surface area contributed by atoms with E-state index in [9.17, 15) is 14.4 Å². The van der Waals surface area contributed by atoms with Crippen molar-refractivity contribution in [3.05, 3.63) is 64.1 Å². The zero-order chi connectivity index (χ0) is 21.5. The van der Waals surface area contributed by atoms with Crippen molar-refractivity contribution in [2.75, 3.05) is 26.7 Å². The fourth-order valence-electron chi connectivity index (χ4n) is 3.50. The third-order valence-electron chi connectivity index (χ3n) is 5.42. The topological polar surface area (TPSA) is 92.7 Å². The molecule has 0 aliphatic carbocycles. The molecule has 1 aromatic carbocycles. The van der Waals surface area contributed by atoms with Crippen LogP contribution in [-0.4, -0.2) is 48.1 Å². The zero-order valence-electron chi connectivity index (χ0n) is 17.4. The number of nitrogens with zero attached hydrogens (tertiary/aromatic N) is 2. The second kappa shape index (κ2) is 9.96. The third-order valence-corrected chi connectivity index (χ3v) is 5.42. The van der Waals surface area contributed by atoms with Gasteiger partial charge in [0.05, 0.1) is 7.11 Å². The summed E-state index contributed by atoms with van der Waals surface area (Å²) in [5, 5.41) is 5.75. The van der Waals surface area contributed by atoms with Crippen molar-refractivity contribution in [3.8, 4) is 5.75 Å². The van der Waals surface area contributed by atoms with Crippen molar-refractivity contribution < 1.29 is 14.3 Å². The van der Waals surface area contributed by atoms with E-state index in [-0.39, 0.29) is 23.1 Å². The van der Waals surface area contributed by atoms with Crippen LogP contribution in [0.4, 0.5) is 4.79 Å². The number of carbonyl (C=O) groups excluding carboxylic acids is 2. The number of nitrogens with one attached hydrogen (secondary N) is 2. The van der Waals surface area contributed by atoms with Gasteiger partial charge in [0.15, 0.2) is 0 Å². The molecule has 30 heavy (non-hydrogen) atoms. The van der Waals surface area contributed by atoms with Crippen LogP contribution in [0.25, 0.3) is 0 Å². The largest absolute Gasteiger partial charge is 0.497 e. The first-order valence-corrected chi connectivity index (χ1v) is 10.1. The number of methoxy groups -OCH3 is 1. The molecule has 0 radical (unpaired) electrons. The van der Waals surface area contributed by atoms with E-state index >= 15 is 0 Å². The van der Waals surface area contributed by atoms with Crippen LogP contribution in [0.2, 0.25) is 0 Å². The van der Waals surface area contributed by atoms with E-state index in [1.165, 1.54) is 4.57 Å². The van der Waals surface area contributed by atoms with Crippen LogP contribution in [-0.2, 0) is 13.6 Å². The Balaban J connectivity index is 1.40. The van der Waals surface area contributed by atoms with Crippen LogP contribution in [0, 0.1) is 5.92 Å². The molecule has 1 aliphatic heterocycles. The third kappa shape index (κ3) is 5.40. The second-order valence-electron chi connectivity index (χ2n) is 7.49.